The quantitative estimate of drug-likeness (QED) is 0.175. The van der Waals surface area contributed by atoms with Crippen LogP contribution in [0.5, 0.6) is 0 Å². The Balaban J connectivity index is 1.30. The zero-order chi connectivity index (χ0) is 32.3. The van der Waals surface area contributed by atoms with Crippen LogP contribution in [0.3, 0.4) is 0 Å². The summed E-state index contributed by atoms with van der Waals surface area (Å²) in [6.45, 7) is 0. The third-order valence-electron chi connectivity index (χ3n) is 9.46. The smallest absolute Gasteiger partial charge is 0.161 e. The molecule has 0 radical (unpaired) electrons. The minimum absolute atomic E-state index is 0.849. The Hall–Kier alpha value is -6.23. The molecule has 0 N–H and O–H groups in total. The van der Waals surface area contributed by atoms with Gasteiger partial charge in [-0.3, -0.25) is 0 Å². The van der Waals surface area contributed by atoms with E-state index in [4.69, 9.17) is 9.40 Å². The van der Waals surface area contributed by atoms with Crippen molar-refractivity contribution in [3.63, 3.8) is 0 Å². The predicted octanol–water partition coefficient (Wildman–Crippen LogP) is 13.3. The van der Waals surface area contributed by atoms with Gasteiger partial charge in [-0.15, -0.1) is 11.3 Å². The van der Waals surface area contributed by atoms with Gasteiger partial charge in [-0.1, -0.05) is 133 Å². The zero-order valence-electron chi connectivity index (χ0n) is 26.4. The number of para-hydroxylation sites is 1. The molecule has 0 bridgehead atoms. The molecule has 0 saturated carbocycles. The topological polar surface area (TPSA) is 29.3 Å². The Morgan fingerprint density at radius 3 is 1.88 bits per heavy atom. The van der Waals surface area contributed by atoms with Gasteiger partial charge in [-0.05, 0) is 69.1 Å². The molecule has 0 aliphatic rings. The highest BCUT2D eigenvalue weighted by atomic mass is 32.1. The molecular formula is C45H28N2OS. The number of rotatable bonds is 5. The minimum atomic E-state index is 0.849. The number of furan rings is 1. The molecule has 8 aromatic carbocycles. The van der Waals surface area contributed by atoms with E-state index in [-0.39, 0.29) is 0 Å². The molecule has 0 aliphatic carbocycles. The summed E-state index contributed by atoms with van der Waals surface area (Å²) < 4.78 is 7.90. The standard InChI is InChI=1S/C45H28N2OS/c1-3-11-29(12-4-1)30-21-24-34(25-22-30)47(35-26-23-32-20-19-31-13-7-8-16-36(31)38(32)27-35)42-43-39(37-17-9-10-18-41(37)48-43)28-40-44(42)49-45(46-40)33-14-5-2-6-15-33/h1-28H. The number of aromatic nitrogens is 1. The van der Waals surface area contributed by atoms with Crippen LogP contribution in [-0.2, 0) is 0 Å². The highest BCUT2D eigenvalue weighted by Gasteiger charge is 2.25. The van der Waals surface area contributed by atoms with Gasteiger partial charge in [0, 0.05) is 27.7 Å². The molecule has 3 nitrogen and oxygen atoms in total. The number of nitrogens with zero attached hydrogens (tertiary/aromatic N) is 2. The average Bonchev–Trinajstić information content (AvgIpc) is 3.77. The molecule has 0 fully saturated rings. The molecule has 2 heterocycles. The molecule has 0 atom stereocenters. The van der Waals surface area contributed by atoms with Crippen LogP contribution in [0.2, 0.25) is 0 Å². The van der Waals surface area contributed by atoms with E-state index < -0.39 is 0 Å². The maximum atomic E-state index is 6.82. The number of fused-ring (bicyclic) bond motifs is 7. The highest BCUT2D eigenvalue weighted by Crippen LogP contribution is 2.49. The van der Waals surface area contributed by atoms with E-state index in [0.717, 1.165) is 59.8 Å². The van der Waals surface area contributed by atoms with Crippen molar-refractivity contribution < 1.29 is 4.42 Å². The van der Waals surface area contributed by atoms with Crippen molar-refractivity contribution in [1.82, 2.24) is 4.98 Å². The molecule has 0 spiro atoms. The monoisotopic (exact) mass is 644 g/mol. The summed E-state index contributed by atoms with van der Waals surface area (Å²) in [5, 5.41) is 8.00. The van der Waals surface area contributed by atoms with Gasteiger partial charge in [0.1, 0.15) is 16.3 Å². The van der Waals surface area contributed by atoms with Crippen LogP contribution in [0.4, 0.5) is 17.1 Å². The molecule has 10 rings (SSSR count). The Bertz CT molecular complexity index is 2820. The highest BCUT2D eigenvalue weighted by molar-refractivity contribution is 7.22. The summed E-state index contributed by atoms with van der Waals surface area (Å²) in [6.07, 6.45) is 0. The Morgan fingerprint density at radius 2 is 1.08 bits per heavy atom. The molecule has 0 aliphatic heterocycles. The summed E-state index contributed by atoms with van der Waals surface area (Å²) in [4.78, 5) is 7.62. The third-order valence-corrected chi connectivity index (χ3v) is 10.6. The summed E-state index contributed by atoms with van der Waals surface area (Å²) >= 11 is 1.71. The minimum Gasteiger partial charge on any atom is -0.454 e. The van der Waals surface area contributed by atoms with E-state index in [1.807, 2.05) is 12.1 Å². The Labute approximate surface area is 286 Å². The largest absolute Gasteiger partial charge is 0.454 e. The van der Waals surface area contributed by atoms with Crippen molar-refractivity contribution in [1.29, 1.82) is 0 Å². The molecule has 4 heteroatoms. The Kier molecular flexibility index (Phi) is 6.36. The molecule has 10 aromatic rings. The number of hydrogen-bond donors (Lipinski definition) is 0. The van der Waals surface area contributed by atoms with Crippen molar-refractivity contribution in [3.8, 4) is 21.7 Å². The first kappa shape index (κ1) is 27.8. The van der Waals surface area contributed by atoms with E-state index >= 15 is 0 Å². The van der Waals surface area contributed by atoms with Crippen molar-refractivity contribution in [2.75, 3.05) is 4.90 Å². The van der Waals surface area contributed by atoms with Gasteiger partial charge >= 0.3 is 0 Å². The Morgan fingerprint density at radius 1 is 0.469 bits per heavy atom. The second kappa shape index (κ2) is 11.2. The van der Waals surface area contributed by atoms with Gasteiger partial charge in [-0.25, -0.2) is 4.98 Å². The van der Waals surface area contributed by atoms with Crippen molar-refractivity contribution in [2.45, 2.75) is 0 Å². The van der Waals surface area contributed by atoms with Crippen molar-refractivity contribution >= 4 is 82.1 Å². The lowest BCUT2D eigenvalue weighted by Gasteiger charge is -2.26. The van der Waals surface area contributed by atoms with Gasteiger partial charge in [0.15, 0.2) is 5.58 Å². The third kappa shape index (κ3) is 4.61. The molecule has 230 valence electrons. The van der Waals surface area contributed by atoms with Crippen LogP contribution in [0.1, 0.15) is 0 Å². The maximum absolute atomic E-state index is 6.82. The predicted molar refractivity (Wildman–Crippen MR) is 207 cm³/mol. The zero-order valence-corrected chi connectivity index (χ0v) is 27.2. The molecule has 0 amide bonds. The molecular weight excluding hydrogens is 617 g/mol. The maximum Gasteiger partial charge on any atom is 0.161 e. The summed E-state index contributed by atoms with van der Waals surface area (Å²) in [5.74, 6) is 0. The van der Waals surface area contributed by atoms with Crippen molar-refractivity contribution in [3.05, 3.63) is 170 Å². The van der Waals surface area contributed by atoms with E-state index in [9.17, 15) is 0 Å². The van der Waals surface area contributed by atoms with Gasteiger partial charge in [0.2, 0.25) is 0 Å². The lowest BCUT2D eigenvalue weighted by molar-refractivity contribution is 0.669. The summed E-state index contributed by atoms with van der Waals surface area (Å²) in [6, 6.07) is 60.2. The fourth-order valence-electron chi connectivity index (χ4n) is 7.10. The lowest BCUT2D eigenvalue weighted by Crippen LogP contribution is -2.10. The van der Waals surface area contributed by atoms with Gasteiger partial charge in [0.05, 0.1) is 10.2 Å². The van der Waals surface area contributed by atoms with Crippen LogP contribution >= 0.6 is 11.3 Å². The van der Waals surface area contributed by atoms with Gasteiger partial charge < -0.3 is 9.32 Å². The number of hydrogen-bond acceptors (Lipinski definition) is 4. The fourth-order valence-corrected chi connectivity index (χ4v) is 8.18. The van der Waals surface area contributed by atoms with E-state index in [1.165, 1.54) is 32.7 Å². The first-order valence-electron chi connectivity index (χ1n) is 16.5. The van der Waals surface area contributed by atoms with Crippen molar-refractivity contribution in [2.24, 2.45) is 0 Å². The molecule has 2 aromatic heterocycles. The van der Waals surface area contributed by atoms with E-state index in [2.05, 4.69) is 163 Å². The number of anilines is 3. The summed E-state index contributed by atoms with van der Waals surface area (Å²) in [7, 11) is 0. The second-order valence-electron chi connectivity index (χ2n) is 12.4. The van der Waals surface area contributed by atoms with Gasteiger partial charge in [0.25, 0.3) is 0 Å². The first-order valence-corrected chi connectivity index (χ1v) is 17.3. The number of thiazole rings is 1. The molecule has 49 heavy (non-hydrogen) atoms. The second-order valence-corrected chi connectivity index (χ2v) is 13.4. The van der Waals surface area contributed by atoms with Crippen LogP contribution in [0.25, 0.3) is 75.4 Å². The summed E-state index contributed by atoms with van der Waals surface area (Å²) in [5.41, 5.74) is 9.23. The SMILES string of the molecule is c1ccc(-c2ccc(N(c3ccc4ccc5ccccc5c4c3)c3c4oc5ccccc5c4cc4nc(-c5ccccc5)sc34)cc2)cc1. The van der Waals surface area contributed by atoms with Gasteiger partial charge in [-0.2, -0.15) is 0 Å². The fraction of sp³-hybridized carbons (Fsp3) is 0. The van der Waals surface area contributed by atoms with E-state index in [0.29, 0.717) is 0 Å². The van der Waals surface area contributed by atoms with Crippen LogP contribution in [-0.4, -0.2) is 4.98 Å². The lowest BCUT2D eigenvalue weighted by atomic mass is 10.0. The van der Waals surface area contributed by atoms with E-state index in [1.54, 1.807) is 11.3 Å². The number of benzene rings is 8. The first-order chi connectivity index (χ1) is 24.3. The average molecular weight is 645 g/mol. The molecule has 0 unspecified atom stereocenters. The molecule has 0 saturated heterocycles. The van der Waals surface area contributed by atoms with Crippen LogP contribution < -0.4 is 4.90 Å². The van der Waals surface area contributed by atoms with Crippen LogP contribution in [0, 0.1) is 0 Å². The normalized spacial score (nSPS) is 11.7. The van der Waals surface area contributed by atoms with Crippen LogP contribution in [0.15, 0.2) is 174 Å².